The van der Waals surface area contributed by atoms with Gasteiger partial charge in [0.15, 0.2) is 0 Å². The molecule has 0 aromatic heterocycles. The lowest BCUT2D eigenvalue weighted by atomic mass is 10.0. The number of esters is 1. The molecule has 0 aliphatic carbocycles. The van der Waals surface area contributed by atoms with E-state index in [0.29, 0.717) is 16.8 Å². The van der Waals surface area contributed by atoms with Crippen LogP contribution in [0.3, 0.4) is 0 Å². The lowest BCUT2D eigenvalue weighted by molar-refractivity contribution is 0.0526. The zero-order valence-electron chi connectivity index (χ0n) is 14.7. The van der Waals surface area contributed by atoms with Crippen LogP contribution in [0.15, 0.2) is 72.8 Å². The van der Waals surface area contributed by atoms with Crippen molar-refractivity contribution in [3.05, 3.63) is 88.9 Å². The van der Waals surface area contributed by atoms with E-state index in [1.807, 2.05) is 42.5 Å². The molecule has 0 heterocycles. The van der Waals surface area contributed by atoms with Gasteiger partial charge in [-0.2, -0.15) is 0 Å². The van der Waals surface area contributed by atoms with Crippen molar-refractivity contribution in [2.75, 3.05) is 11.9 Å². The zero-order valence-corrected chi connectivity index (χ0v) is 15.5. The highest BCUT2D eigenvalue weighted by Gasteiger charge is 2.12. The number of hydrogen-bond acceptors (Lipinski definition) is 3. The molecule has 0 saturated heterocycles. The van der Waals surface area contributed by atoms with Gasteiger partial charge in [0, 0.05) is 5.56 Å². The summed E-state index contributed by atoms with van der Waals surface area (Å²) in [4.78, 5) is 24.2. The fourth-order valence-electron chi connectivity index (χ4n) is 2.60. The molecule has 0 unspecified atom stereocenters. The number of nitrogens with one attached hydrogen (secondary N) is 1. The van der Waals surface area contributed by atoms with Gasteiger partial charge in [0.05, 0.1) is 22.9 Å². The fourth-order valence-corrected chi connectivity index (χ4v) is 2.82. The molecule has 1 N–H and O–H groups in total. The number of carbonyl (C=O) groups is 2. The van der Waals surface area contributed by atoms with Gasteiger partial charge in [-0.3, -0.25) is 4.79 Å². The van der Waals surface area contributed by atoms with E-state index in [2.05, 4.69) is 5.32 Å². The van der Waals surface area contributed by atoms with Crippen molar-refractivity contribution in [2.45, 2.75) is 6.92 Å². The van der Waals surface area contributed by atoms with E-state index in [-0.39, 0.29) is 17.5 Å². The lowest BCUT2D eigenvalue weighted by Gasteiger charge is -2.09. The molecule has 3 aromatic rings. The Morgan fingerprint density at radius 3 is 2.15 bits per heavy atom. The highest BCUT2D eigenvalue weighted by atomic mass is 35.5. The highest BCUT2D eigenvalue weighted by molar-refractivity contribution is 6.34. The molecule has 0 aliphatic rings. The molecule has 4 nitrogen and oxygen atoms in total. The van der Waals surface area contributed by atoms with Crippen molar-refractivity contribution < 1.29 is 14.3 Å². The van der Waals surface area contributed by atoms with E-state index in [1.54, 1.807) is 31.2 Å². The maximum absolute atomic E-state index is 12.5. The largest absolute Gasteiger partial charge is 0.462 e. The number of carbonyl (C=O) groups excluding carboxylic acids is 2. The first-order valence-corrected chi connectivity index (χ1v) is 8.90. The summed E-state index contributed by atoms with van der Waals surface area (Å²) in [5.41, 5.74) is 3.40. The average molecular weight is 380 g/mol. The Kier molecular flexibility index (Phi) is 5.89. The van der Waals surface area contributed by atoms with E-state index in [0.717, 1.165) is 11.1 Å². The van der Waals surface area contributed by atoms with Crippen LogP contribution in [0, 0.1) is 0 Å². The maximum atomic E-state index is 12.5. The molecule has 3 aromatic carbocycles. The third kappa shape index (κ3) is 4.54. The molecule has 0 aliphatic heterocycles. The van der Waals surface area contributed by atoms with Crippen LogP contribution in [0.2, 0.25) is 5.02 Å². The van der Waals surface area contributed by atoms with Gasteiger partial charge in [-0.25, -0.2) is 4.79 Å². The van der Waals surface area contributed by atoms with Gasteiger partial charge < -0.3 is 10.1 Å². The van der Waals surface area contributed by atoms with Crippen LogP contribution >= 0.6 is 11.6 Å². The second-order valence-corrected chi connectivity index (χ2v) is 6.22. The summed E-state index contributed by atoms with van der Waals surface area (Å²) in [6.07, 6.45) is 0. The quantitative estimate of drug-likeness (QED) is 0.601. The number of amides is 1. The van der Waals surface area contributed by atoms with E-state index >= 15 is 0 Å². The summed E-state index contributed by atoms with van der Waals surface area (Å²) in [7, 11) is 0. The average Bonchev–Trinajstić information content (AvgIpc) is 2.70. The Labute approximate surface area is 162 Å². The minimum Gasteiger partial charge on any atom is -0.462 e. The molecule has 0 fully saturated rings. The summed E-state index contributed by atoms with van der Waals surface area (Å²) in [6.45, 7) is 2.02. The van der Waals surface area contributed by atoms with Gasteiger partial charge in [0.2, 0.25) is 0 Å². The van der Waals surface area contributed by atoms with Crippen molar-refractivity contribution in [3.63, 3.8) is 0 Å². The monoisotopic (exact) mass is 379 g/mol. The standard InChI is InChI=1S/C22H18ClNO3/c1-2-27-22(26)18-12-13-20(19(23)14-18)24-21(25)17-10-8-16(9-11-17)15-6-4-3-5-7-15/h3-14H,2H2,1H3,(H,24,25). The first kappa shape index (κ1) is 18.7. The zero-order chi connectivity index (χ0) is 19.2. The Bertz CT molecular complexity index is 953. The van der Waals surface area contributed by atoms with Gasteiger partial charge in [-0.1, -0.05) is 54.1 Å². The van der Waals surface area contributed by atoms with Gasteiger partial charge in [-0.15, -0.1) is 0 Å². The summed E-state index contributed by atoms with van der Waals surface area (Å²) < 4.78 is 4.94. The number of rotatable bonds is 5. The number of hydrogen-bond donors (Lipinski definition) is 1. The van der Waals surface area contributed by atoms with Crippen molar-refractivity contribution in [1.29, 1.82) is 0 Å². The summed E-state index contributed by atoms with van der Waals surface area (Å²) in [5.74, 6) is -0.728. The molecule has 3 rings (SSSR count). The van der Waals surface area contributed by atoms with Crippen LogP contribution in [0.5, 0.6) is 0 Å². The number of halogens is 1. The van der Waals surface area contributed by atoms with Gasteiger partial charge in [-0.05, 0) is 48.4 Å². The number of ether oxygens (including phenoxy) is 1. The van der Waals surface area contributed by atoms with Crippen LogP contribution in [0.25, 0.3) is 11.1 Å². The van der Waals surface area contributed by atoms with Crippen LogP contribution in [0.1, 0.15) is 27.6 Å². The minimum atomic E-state index is -0.450. The molecule has 5 heteroatoms. The van der Waals surface area contributed by atoms with Crippen molar-refractivity contribution in [3.8, 4) is 11.1 Å². The van der Waals surface area contributed by atoms with Gasteiger partial charge in [0.1, 0.15) is 0 Å². The molecule has 0 radical (unpaired) electrons. The maximum Gasteiger partial charge on any atom is 0.338 e. The highest BCUT2D eigenvalue weighted by Crippen LogP contribution is 2.25. The van der Waals surface area contributed by atoms with E-state index in [9.17, 15) is 9.59 Å². The molecule has 0 atom stereocenters. The predicted molar refractivity (Wildman–Crippen MR) is 107 cm³/mol. The molecule has 0 bridgehead atoms. The van der Waals surface area contributed by atoms with Gasteiger partial charge in [0.25, 0.3) is 5.91 Å². The first-order chi connectivity index (χ1) is 13.1. The second-order valence-electron chi connectivity index (χ2n) is 5.81. The van der Waals surface area contributed by atoms with E-state index < -0.39 is 5.97 Å². The Balaban J connectivity index is 1.73. The first-order valence-electron chi connectivity index (χ1n) is 8.52. The van der Waals surface area contributed by atoms with E-state index in [4.69, 9.17) is 16.3 Å². The smallest absolute Gasteiger partial charge is 0.338 e. The molecular formula is C22H18ClNO3. The third-order valence-corrected chi connectivity index (χ3v) is 4.30. The van der Waals surface area contributed by atoms with E-state index in [1.165, 1.54) is 6.07 Å². The Hall–Kier alpha value is -3.11. The van der Waals surface area contributed by atoms with Crippen LogP contribution in [0.4, 0.5) is 5.69 Å². The number of benzene rings is 3. The van der Waals surface area contributed by atoms with Crippen LogP contribution in [-0.2, 0) is 4.74 Å². The van der Waals surface area contributed by atoms with Crippen molar-refractivity contribution >= 4 is 29.2 Å². The summed E-state index contributed by atoms with van der Waals surface area (Å²) >= 11 is 6.19. The topological polar surface area (TPSA) is 55.4 Å². The Morgan fingerprint density at radius 2 is 1.52 bits per heavy atom. The minimum absolute atomic E-state index is 0.273. The molecular weight excluding hydrogens is 362 g/mol. The SMILES string of the molecule is CCOC(=O)c1ccc(NC(=O)c2ccc(-c3ccccc3)cc2)c(Cl)c1. The van der Waals surface area contributed by atoms with Crippen molar-refractivity contribution in [2.24, 2.45) is 0 Å². The Morgan fingerprint density at radius 1 is 0.889 bits per heavy atom. The van der Waals surface area contributed by atoms with Crippen LogP contribution < -0.4 is 5.32 Å². The lowest BCUT2D eigenvalue weighted by Crippen LogP contribution is -2.12. The van der Waals surface area contributed by atoms with Crippen molar-refractivity contribution in [1.82, 2.24) is 0 Å². The predicted octanol–water partition coefficient (Wildman–Crippen LogP) is 5.44. The van der Waals surface area contributed by atoms with Gasteiger partial charge >= 0.3 is 5.97 Å². The second kappa shape index (κ2) is 8.52. The molecule has 0 saturated carbocycles. The molecule has 0 spiro atoms. The summed E-state index contributed by atoms with van der Waals surface area (Å²) in [5, 5.41) is 3.03. The fraction of sp³-hybridized carbons (Fsp3) is 0.0909. The van der Waals surface area contributed by atoms with Crippen LogP contribution in [-0.4, -0.2) is 18.5 Å². The normalized spacial score (nSPS) is 10.3. The summed E-state index contributed by atoms with van der Waals surface area (Å²) in [6, 6.07) is 21.9. The number of anilines is 1. The molecule has 27 heavy (non-hydrogen) atoms. The molecule has 1 amide bonds. The molecule has 136 valence electrons. The third-order valence-electron chi connectivity index (χ3n) is 3.98.